The highest BCUT2D eigenvalue weighted by Crippen LogP contribution is 2.41. The monoisotopic (exact) mass is 1390 g/mol. The van der Waals surface area contributed by atoms with Crippen molar-refractivity contribution >= 4 is 117 Å². The number of aromatic nitrogens is 10. The van der Waals surface area contributed by atoms with Gasteiger partial charge < -0.3 is 41.9 Å². The van der Waals surface area contributed by atoms with Gasteiger partial charge in [0.1, 0.15) is 41.7 Å². The summed E-state index contributed by atoms with van der Waals surface area (Å²) in [6, 6.07) is 33.1. The number of oxazole rings is 3. The average molecular weight is 1390 g/mol. The molecular formula is C64H40ClF12N15O3S2. The van der Waals surface area contributed by atoms with Gasteiger partial charge in [-0.15, -0.1) is 0 Å². The zero-order valence-corrected chi connectivity index (χ0v) is 51.0. The molecule has 15 aromatic rings. The second kappa shape index (κ2) is 27.1. The lowest BCUT2D eigenvalue weighted by Crippen LogP contribution is -2.05. The van der Waals surface area contributed by atoms with E-state index in [9.17, 15) is 52.7 Å². The molecule has 0 saturated carbocycles. The second-order valence-corrected chi connectivity index (χ2v) is 22.6. The highest BCUT2D eigenvalue weighted by Gasteiger charge is 2.35. The molecule has 0 amide bonds. The van der Waals surface area contributed by atoms with E-state index in [1.165, 1.54) is 71.7 Å². The maximum atomic E-state index is 12.7. The van der Waals surface area contributed by atoms with Crippen LogP contribution in [0.25, 0.3) is 110 Å². The zero-order chi connectivity index (χ0) is 69.1. The summed E-state index contributed by atoms with van der Waals surface area (Å²) < 4.78 is 169. The van der Waals surface area contributed by atoms with Crippen LogP contribution in [0.5, 0.6) is 0 Å². The molecule has 492 valence electrons. The summed E-state index contributed by atoms with van der Waals surface area (Å²) in [6.45, 7) is 0. The molecule has 10 heterocycles. The fraction of sp³-hybridized carbons (Fsp3) is 0.0625. The first-order valence-electron chi connectivity index (χ1n) is 27.5. The van der Waals surface area contributed by atoms with Crippen molar-refractivity contribution in [3.8, 4) is 55.5 Å². The van der Waals surface area contributed by atoms with Crippen LogP contribution in [0.3, 0.4) is 0 Å². The predicted molar refractivity (Wildman–Crippen MR) is 345 cm³/mol. The number of benzene rings is 5. The third-order valence-corrected chi connectivity index (χ3v) is 15.8. The molecule has 10 N–H and O–H groups in total. The Bertz CT molecular complexity index is 4650. The van der Waals surface area contributed by atoms with Gasteiger partial charge in [-0.1, -0.05) is 34.3 Å². The van der Waals surface area contributed by atoms with Crippen molar-refractivity contribution in [2.75, 3.05) is 28.7 Å². The predicted octanol–water partition coefficient (Wildman–Crippen LogP) is 18.0. The van der Waals surface area contributed by atoms with Crippen LogP contribution in [-0.2, 0) is 24.7 Å². The van der Waals surface area contributed by atoms with E-state index in [1.807, 2.05) is 18.2 Å². The number of hydrogen-bond acceptors (Lipinski definition) is 20. The molecule has 0 aliphatic heterocycles. The Labute approximate surface area is 549 Å². The van der Waals surface area contributed by atoms with Gasteiger partial charge in [-0.2, -0.15) is 57.7 Å². The third-order valence-electron chi connectivity index (χ3n) is 13.5. The molecular weight excluding hydrogens is 1350 g/mol. The fourth-order valence-corrected chi connectivity index (χ4v) is 10.9. The van der Waals surface area contributed by atoms with Gasteiger partial charge in [0.15, 0.2) is 16.8 Å². The Morgan fingerprint density at radius 2 is 0.742 bits per heavy atom. The summed E-state index contributed by atoms with van der Waals surface area (Å²) in [5, 5.41) is 1.93. The molecule has 0 aliphatic rings. The number of anilines is 5. The maximum absolute atomic E-state index is 12.7. The zero-order valence-electron chi connectivity index (χ0n) is 48.6. The topological polar surface area (TPSA) is 298 Å². The lowest BCUT2D eigenvalue weighted by molar-refractivity contribution is -0.138. The standard InChI is InChI=1S/3C13H8F3N3O.C13H8F3N3S.C12H8ClN3S/c14-13(15,16)7-1-2-9(17)8(5-7)12-19-10-6-18-4-3-11(10)20-12;14-13(15,16)7-3-4-9(17)8(6-7)12-19-11-10(20-12)2-1-5-18-11;2*14-13(15,16)7-3-4-9(17)8(6-7)11-19-10-2-1-5-18-12(10)20-11;13-7-3-4-9(14)8(6-7)11-16-10-2-1-5-15-12(10)17-11/h4*1-6H,17H2;1-6H,14H2. The van der Waals surface area contributed by atoms with Gasteiger partial charge in [0.2, 0.25) is 23.4 Å². The summed E-state index contributed by atoms with van der Waals surface area (Å²) in [4.78, 5) is 42.7. The van der Waals surface area contributed by atoms with Gasteiger partial charge in [-0.05, 0) is 140 Å². The Morgan fingerprint density at radius 1 is 0.351 bits per heavy atom. The lowest BCUT2D eigenvalue weighted by atomic mass is 10.1. The molecule has 0 atom stereocenters. The van der Waals surface area contributed by atoms with E-state index in [4.69, 9.17) is 53.5 Å². The molecule has 0 aliphatic carbocycles. The number of nitrogens with two attached hydrogens (primary N) is 5. The summed E-state index contributed by atoms with van der Waals surface area (Å²) >= 11 is 8.70. The number of fused-ring (bicyclic) bond motifs is 5. The first-order valence-corrected chi connectivity index (χ1v) is 29.6. The first-order chi connectivity index (χ1) is 46.0. The van der Waals surface area contributed by atoms with Gasteiger partial charge in [-0.25, -0.2) is 39.9 Å². The number of alkyl halides is 12. The Hall–Kier alpha value is -11.5. The largest absolute Gasteiger partial charge is 0.436 e. The highest BCUT2D eigenvalue weighted by atomic mass is 35.5. The van der Waals surface area contributed by atoms with E-state index in [0.717, 1.165) is 69.4 Å². The molecule has 5 aromatic carbocycles. The number of pyridine rings is 5. The minimum absolute atomic E-state index is 0.0160. The van der Waals surface area contributed by atoms with E-state index in [1.54, 1.807) is 67.0 Å². The van der Waals surface area contributed by atoms with Crippen LogP contribution >= 0.6 is 34.3 Å². The number of thiazole rings is 2. The van der Waals surface area contributed by atoms with Crippen LogP contribution in [0.4, 0.5) is 81.1 Å². The van der Waals surface area contributed by atoms with Gasteiger partial charge in [0, 0.05) is 81.6 Å². The first kappa shape index (κ1) is 66.9. The molecule has 15 rings (SSSR count). The molecule has 0 bridgehead atoms. The summed E-state index contributed by atoms with van der Waals surface area (Å²) in [5.41, 5.74) is 32.3. The number of nitrogens with zero attached hydrogens (tertiary/aromatic N) is 10. The van der Waals surface area contributed by atoms with Crippen LogP contribution in [0.1, 0.15) is 22.3 Å². The Morgan fingerprint density at radius 3 is 1.21 bits per heavy atom. The van der Waals surface area contributed by atoms with Gasteiger partial charge in [0.05, 0.1) is 45.1 Å². The molecule has 0 saturated heterocycles. The fourth-order valence-electron chi connectivity index (χ4n) is 8.82. The van der Waals surface area contributed by atoms with Crippen LogP contribution < -0.4 is 28.7 Å². The quantitative estimate of drug-likeness (QED) is 0.0790. The summed E-state index contributed by atoms with van der Waals surface area (Å²) in [5.74, 6) is 0.0706. The van der Waals surface area contributed by atoms with E-state index in [2.05, 4.69) is 49.8 Å². The van der Waals surface area contributed by atoms with Crippen molar-refractivity contribution in [2.24, 2.45) is 0 Å². The third kappa shape index (κ3) is 15.5. The Kier molecular flexibility index (Phi) is 18.7. The molecule has 18 nitrogen and oxygen atoms in total. The van der Waals surface area contributed by atoms with E-state index >= 15 is 0 Å². The van der Waals surface area contributed by atoms with Crippen LogP contribution in [-0.4, -0.2) is 49.8 Å². The molecule has 97 heavy (non-hydrogen) atoms. The van der Waals surface area contributed by atoms with Crippen molar-refractivity contribution in [1.82, 2.24) is 49.8 Å². The summed E-state index contributed by atoms with van der Waals surface area (Å²) in [7, 11) is 0. The minimum Gasteiger partial charge on any atom is -0.436 e. The average Bonchev–Trinajstić information content (AvgIpc) is 1.80. The number of hydrogen-bond donors (Lipinski definition) is 5. The van der Waals surface area contributed by atoms with Crippen LogP contribution in [0, 0.1) is 0 Å². The van der Waals surface area contributed by atoms with Crippen molar-refractivity contribution in [1.29, 1.82) is 0 Å². The highest BCUT2D eigenvalue weighted by molar-refractivity contribution is 7.21. The van der Waals surface area contributed by atoms with Crippen molar-refractivity contribution < 1.29 is 65.9 Å². The number of halogens is 13. The molecule has 0 spiro atoms. The molecule has 0 fully saturated rings. The SMILES string of the molecule is Nc1ccc(C(F)(F)F)cc1-c1nc2cccnc2o1.Nc1ccc(C(F)(F)F)cc1-c1nc2cccnc2s1.Nc1ccc(C(F)(F)F)cc1-c1nc2cnccc2o1.Nc1ccc(C(F)(F)F)cc1-c1nc2ncccc2o1.Nc1ccc(Cl)cc1-c1nc2cccnc2s1. The van der Waals surface area contributed by atoms with Gasteiger partial charge in [-0.3, -0.25) is 4.98 Å². The van der Waals surface area contributed by atoms with Gasteiger partial charge >= 0.3 is 24.7 Å². The molecule has 33 heteroatoms. The molecule has 0 unspecified atom stereocenters. The number of nitrogen functional groups attached to an aromatic ring is 5. The number of rotatable bonds is 5. The molecule has 0 radical (unpaired) electrons. The second-order valence-electron chi connectivity index (χ2n) is 20.2. The maximum Gasteiger partial charge on any atom is 0.416 e. The van der Waals surface area contributed by atoms with Crippen LogP contribution in [0.15, 0.2) is 196 Å². The summed E-state index contributed by atoms with van der Waals surface area (Å²) in [6.07, 6.45) is -8.39. The van der Waals surface area contributed by atoms with Crippen molar-refractivity contribution in [3.63, 3.8) is 0 Å². The van der Waals surface area contributed by atoms with E-state index in [0.29, 0.717) is 53.9 Å². The Balaban J connectivity index is 0.000000123. The minimum atomic E-state index is -4.45. The van der Waals surface area contributed by atoms with Crippen molar-refractivity contribution in [2.45, 2.75) is 24.7 Å². The smallest absolute Gasteiger partial charge is 0.416 e. The van der Waals surface area contributed by atoms with E-state index in [-0.39, 0.29) is 68.4 Å². The lowest BCUT2D eigenvalue weighted by Gasteiger charge is -2.09. The van der Waals surface area contributed by atoms with Crippen LogP contribution in [0.2, 0.25) is 5.02 Å². The van der Waals surface area contributed by atoms with Gasteiger partial charge in [0.25, 0.3) is 0 Å². The van der Waals surface area contributed by atoms with Crippen molar-refractivity contribution in [3.05, 3.63) is 210 Å². The molecule has 10 aromatic heterocycles. The normalized spacial score (nSPS) is 11.8. The van der Waals surface area contributed by atoms with E-state index < -0.39 is 47.0 Å².